The number of hydrogen-bond acceptors (Lipinski definition) is 2. The minimum Gasteiger partial charge on any atom is -0.486 e. The van der Waals surface area contributed by atoms with E-state index in [9.17, 15) is 9.18 Å². The number of halogens is 2. The summed E-state index contributed by atoms with van der Waals surface area (Å²) in [4.78, 5) is 11.1. The van der Waals surface area contributed by atoms with Gasteiger partial charge in [-0.15, -0.1) is 0 Å². The lowest BCUT2D eigenvalue weighted by Gasteiger charge is -2.09. The highest BCUT2D eigenvalue weighted by Crippen LogP contribution is 2.21. The van der Waals surface area contributed by atoms with Gasteiger partial charge in [0.05, 0.1) is 5.56 Å². The molecule has 0 bridgehead atoms. The van der Waals surface area contributed by atoms with Gasteiger partial charge in [0, 0.05) is 10.0 Å². The van der Waals surface area contributed by atoms with Crippen LogP contribution in [0, 0.1) is 5.82 Å². The number of aromatic carboxylic acids is 1. The first kappa shape index (κ1) is 13.5. The molecular formula is C14H10BrFO3. The fourth-order valence-electron chi connectivity index (χ4n) is 1.59. The second-order valence-corrected chi connectivity index (χ2v) is 4.74. The molecule has 0 atom stereocenters. The third-order valence-electron chi connectivity index (χ3n) is 2.52. The van der Waals surface area contributed by atoms with E-state index in [0.717, 1.165) is 0 Å². The van der Waals surface area contributed by atoms with Gasteiger partial charge < -0.3 is 9.84 Å². The Bertz CT molecular complexity index is 613. The summed E-state index contributed by atoms with van der Waals surface area (Å²) in [5.41, 5.74) is 0.615. The van der Waals surface area contributed by atoms with E-state index in [2.05, 4.69) is 15.9 Å². The fourth-order valence-corrected chi connectivity index (χ4v) is 1.95. The number of hydrogen-bond donors (Lipinski definition) is 1. The summed E-state index contributed by atoms with van der Waals surface area (Å²) < 4.78 is 19.3. The lowest BCUT2D eigenvalue weighted by Crippen LogP contribution is -2.06. The molecular weight excluding hydrogens is 315 g/mol. The summed E-state index contributed by atoms with van der Waals surface area (Å²) in [6.45, 7) is -0.00412. The van der Waals surface area contributed by atoms with Gasteiger partial charge in [-0.05, 0) is 24.3 Å². The quantitative estimate of drug-likeness (QED) is 0.928. The monoisotopic (exact) mass is 324 g/mol. The number of carbonyl (C=O) groups is 1. The minimum atomic E-state index is -1.05. The number of benzene rings is 2. The van der Waals surface area contributed by atoms with E-state index < -0.39 is 11.8 Å². The van der Waals surface area contributed by atoms with E-state index in [1.165, 1.54) is 18.2 Å². The van der Waals surface area contributed by atoms with Crippen molar-refractivity contribution < 1.29 is 19.0 Å². The van der Waals surface area contributed by atoms with Crippen molar-refractivity contribution in [1.29, 1.82) is 0 Å². The van der Waals surface area contributed by atoms with Crippen molar-refractivity contribution in [2.75, 3.05) is 0 Å². The van der Waals surface area contributed by atoms with Gasteiger partial charge in [-0.3, -0.25) is 0 Å². The molecule has 0 fully saturated rings. The number of carboxylic acid groups (broad SMARTS) is 1. The van der Waals surface area contributed by atoms with E-state index in [-0.39, 0.29) is 17.9 Å². The predicted octanol–water partition coefficient (Wildman–Crippen LogP) is 3.87. The summed E-state index contributed by atoms with van der Waals surface area (Å²) in [6.07, 6.45) is 0. The maximum absolute atomic E-state index is 13.4. The van der Waals surface area contributed by atoms with Crippen LogP contribution in [0.2, 0.25) is 0 Å². The Morgan fingerprint density at radius 3 is 2.68 bits per heavy atom. The molecule has 0 radical (unpaired) electrons. The zero-order valence-corrected chi connectivity index (χ0v) is 11.4. The zero-order valence-electron chi connectivity index (χ0n) is 9.77. The largest absolute Gasteiger partial charge is 0.486 e. The van der Waals surface area contributed by atoms with Gasteiger partial charge in [-0.2, -0.15) is 0 Å². The van der Waals surface area contributed by atoms with Crippen LogP contribution in [-0.4, -0.2) is 11.1 Å². The van der Waals surface area contributed by atoms with Crippen LogP contribution in [0.15, 0.2) is 46.9 Å². The van der Waals surface area contributed by atoms with E-state index in [0.29, 0.717) is 10.0 Å². The van der Waals surface area contributed by atoms with Crippen LogP contribution in [0.3, 0.4) is 0 Å². The molecule has 19 heavy (non-hydrogen) atoms. The van der Waals surface area contributed by atoms with Gasteiger partial charge in [0.1, 0.15) is 6.61 Å². The van der Waals surface area contributed by atoms with E-state index in [1.807, 2.05) is 0 Å². The van der Waals surface area contributed by atoms with Crippen LogP contribution in [-0.2, 0) is 6.61 Å². The molecule has 0 aliphatic carbocycles. The Labute approximate surface area is 117 Å². The van der Waals surface area contributed by atoms with Gasteiger partial charge in [-0.1, -0.05) is 34.1 Å². The molecule has 2 aromatic rings. The number of rotatable bonds is 4. The first-order chi connectivity index (χ1) is 9.08. The SMILES string of the molecule is O=C(O)c1cc(Br)ccc1COc1ccccc1F. The van der Waals surface area contributed by atoms with Crippen molar-refractivity contribution in [2.24, 2.45) is 0 Å². The molecule has 98 valence electrons. The maximum atomic E-state index is 13.4. The molecule has 0 aliphatic heterocycles. The second kappa shape index (κ2) is 5.84. The van der Waals surface area contributed by atoms with Gasteiger partial charge in [0.25, 0.3) is 0 Å². The molecule has 0 spiro atoms. The summed E-state index contributed by atoms with van der Waals surface area (Å²) >= 11 is 3.21. The molecule has 3 nitrogen and oxygen atoms in total. The lowest BCUT2D eigenvalue weighted by molar-refractivity contribution is 0.0694. The molecule has 1 N–H and O–H groups in total. The van der Waals surface area contributed by atoms with Crippen LogP contribution < -0.4 is 4.74 Å². The number of carboxylic acids is 1. The average Bonchev–Trinajstić information content (AvgIpc) is 2.38. The van der Waals surface area contributed by atoms with Crippen LogP contribution in [0.25, 0.3) is 0 Å². The van der Waals surface area contributed by atoms with Crippen LogP contribution in [0.5, 0.6) is 5.75 Å². The molecule has 2 rings (SSSR count). The molecule has 5 heteroatoms. The Morgan fingerprint density at radius 2 is 2.00 bits per heavy atom. The van der Waals surface area contributed by atoms with Crippen molar-refractivity contribution >= 4 is 21.9 Å². The van der Waals surface area contributed by atoms with Crippen molar-refractivity contribution in [2.45, 2.75) is 6.61 Å². The number of para-hydroxylation sites is 1. The molecule has 0 heterocycles. The molecule has 0 amide bonds. The van der Waals surface area contributed by atoms with Gasteiger partial charge >= 0.3 is 5.97 Å². The Kier molecular flexibility index (Phi) is 4.16. The Morgan fingerprint density at radius 1 is 1.26 bits per heavy atom. The Hall–Kier alpha value is -1.88. The molecule has 0 unspecified atom stereocenters. The maximum Gasteiger partial charge on any atom is 0.336 e. The summed E-state index contributed by atoms with van der Waals surface area (Å²) in [6, 6.07) is 10.8. The van der Waals surface area contributed by atoms with Crippen molar-refractivity contribution in [3.05, 3.63) is 63.9 Å². The molecule has 2 aromatic carbocycles. The third kappa shape index (κ3) is 3.32. The van der Waals surface area contributed by atoms with E-state index in [4.69, 9.17) is 9.84 Å². The minimum absolute atomic E-state index is 0.00412. The van der Waals surface area contributed by atoms with Crippen molar-refractivity contribution in [3.8, 4) is 5.75 Å². The van der Waals surface area contributed by atoms with Gasteiger partial charge in [0.15, 0.2) is 11.6 Å². The van der Waals surface area contributed by atoms with Crippen LogP contribution in [0.1, 0.15) is 15.9 Å². The average molecular weight is 325 g/mol. The Balaban J connectivity index is 2.20. The van der Waals surface area contributed by atoms with E-state index >= 15 is 0 Å². The van der Waals surface area contributed by atoms with Gasteiger partial charge in [-0.25, -0.2) is 9.18 Å². The molecule has 0 saturated heterocycles. The fraction of sp³-hybridized carbons (Fsp3) is 0.0714. The second-order valence-electron chi connectivity index (χ2n) is 3.83. The highest BCUT2D eigenvalue weighted by atomic mass is 79.9. The lowest BCUT2D eigenvalue weighted by atomic mass is 10.1. The van der Waals surface area contributed by atoms with Gasteiger partial charge in [0.2, 0.25) is 0 Å². The first-order valence-electron chi connectivity index (χ1n) is 5.47. The summed E-state index contributed by atoms with van der Waals surface area (Å²) in [5, 5.41) is 9.09. The normalized spacial score (nSPS) is 10.2. The third-order valence-corrected chi connectivity index (χ3v) is 3.02. The van der Waals surface area contributed by atoms with E-state index in [1.54, 1.807) is 24.3 Å². The standard InChI is InChI=1S/C14H10BrFO3/c15-10-6-5-9(11(7-10)14(17)18)8-19-13-4-2-1-3-12(13)16/h1-7H,8H2,(H,17,18). The smallest absolute Gasteiger partial charge is 0.336 e. The molecule has 0 aromatic heterocycles. The van der Waals surface area contributed by atoms with Crippen molar-refractivity contribution in [3.63, 3.8) is 0 Å². The molecule has 0 saturated carbocycles. The zero-order chi connectivity index (χ0) is 13.8. The topological polar surface area (TPSA) is 46.5 Å². The first-order valence-corrected chi connectivity index (χ1v) is 6.26. The highest BCUT2D eigenvalue weighted by molar-refractivity contribution is 9.10. The van der Waals surface area contributed by atoms with Crippen LogP contribution >= 0.6 is 15.9 Å². The summed E-state index contributed by atoms with van der Waals surface area (Å²) in [5.74, 6) is -1.42. The predicted molar refractivity (Wildman–Crippen MR) is 71.8 cm³/mol. The summed E-state index contributed by atoms with van der Waals surface area (Å²) in [7, 11) is 0. The number of ether oxygens (including phenoxy) is 1. The van der Waals surface area contributed by atoms with Crippen LogP contribution in [0.4, 0.5) is 4.39 Å². The molecule has 0 aliphatic rings. The highest BCUT2D eigenvalue weighted by Gasteiger charge is 2.11. The van der Waals surface area contributed by atoms with Crippen molar-refractivity contribution in [1.82, 2.24) is 0 Å².